The number of hydrogen-bond acceptors (Lipinski definition) is 3. The van der Waals surface area contributed by atoms with Crippen LogP contribution in [0.4, 0.5) is 0 Å². The van der Waals surface area contributed by atoms with Crippen molar-refractivity contribution in [3.8, 4) is 0 Å². The molecule has 106 valence electrons. The molecule has 0 radical (unpaired) electrons. The summed E-state index contributed by atoms with van der Waals surface area (Å²) < 4.78 is 4.92. The third-order valence-electron chi connectivity index (χ3n) is 4.18. The van der Waals surface area contributed by atoms with E-state index in [0.717, 1.165) is 25.2 Å². The second kappa shape index (κ2) is 8.52. The van der Waals surface area contributed by atoms with Gasteiger partial charge in [-0.3, -0.25) is 4.79 Å². The number of methoxy groups -OCH3 is 1. The van der Waals surface area contributed by atoms with Gasteiger partial charge in [-0.15, -0.1) is 0 Å². The van der Waals surface area contributed by atoms with Gasteiger partial charge in [0.2, 0.25) is 0 Å². The highest BCUT2D eigenvalue weighted by molar-refractivity contribution is 5.75. The van der Waals surface area contributed by atoms with Crippen molar-refractivity contribution in [1.29, 1.82) is 0 Å². The van der Waals surface area contributed by atoms with Crippen LogP contribution in [-0.2, 0) is 9.53 Å². The number of unbranched alkanes of at least 4 members (excludes halogenated alkanes) is 1. The summed E-state index contributed by atoms with van der Waals surface area (Å²) in [5, 5.41) is 3.57. The van der Waals surface area contributed by atoms with E-state index in [0.29, 0.717) is 6.04 Å². The quantitative estimate of drug-likeness (QED) is 0.710. The van der Waals surface area contributed by atoms with Gasteiger partial charge in [0.1, 0.15) is 6.04 Å². The summed E-state index contributed by atoms with van der Waals surface area (Å²) in [4.78, 5) is 11.8. The Kier molecular flexibility index (Phi) is 7.33. The molecule has 0 spiro atoms. The lowest BCUT2D eigenvalue weighted by Crippen LogP contribution is -2.48. The second-order valence-electron chi connectivity index (χ2n) is 5.44. The van der Waals surface area contributed by atoms with Crippen LogP contribution >= 0.6 is 0 Å². The normalized spacial score (nSPS) is 25.7. The average Bonchev–Trinajstić information content (AvgIpc) is 2.42. The van der Waals surface area contributed by atoms with Gasteiger partial charge in [0, 0.05) is 6.04 Å². The summed E-state index contributed by atoms with van der Waals surface area (Å²) in [5.41, 5.74) is 0. The molecular formula is C15H29NO2. The first-order valence-corrected chi connectivity index (χ1v) is 7.56. The van der Waals surface area contributed by atoms with Crippen molar-refractivity contribution in [2.45, 2.75) is 77.3 Å². The molecule has 3 nitrogen and oxygen atoms in total. The van der Waals surface area contributed by atoms with E-state index in [1.807, 2.05) is 0 Å². The van der Waals surface area contributed by atoms with Crippen LogP contribution in [0.1, 0.15) is 65.2 Å². The topological polar surface area (TPSA) is 38.3 Å². The Morgan fingerprint density at radius 1 is 1.33 bits per heavy atom. The minimum Gasteiger partial charge on any atom is -0.468 e. The lowest BCUT2D eigenvalue weighted by Gasteiger charge is -2.34. The first-order chi connectivity index (χ1) is 8.72. The minimum absolute atomic E-state index is 0.0936. The fourth-order valence-electron chi connectivity index (χ4n) is 2.99. The maximum absolute atomic E-state index is 11.8. The summed E-state index contributed by atoms with van der Waals surface area (Å²) in [5.74, 6) is 0.636. The highest BCUT2D eigenvalue weighted by atomic mass is 16.5. The molecule has 1 aliphatic rings. The number of carbonyl (C=O) groups excluding carboxylic acids is 1. The Bertz CT molecular complexity index is 243. The Morgan fingerprint density at radius 2 is 2.06 bits per heavy atom. The SMILES string of the molecule is CCCCC(NC1CCCCC1CC)C(=O)OC. The zero-order valence-electron chi connectivity index (χ0n) is 12.2. The van der Waals surface area contributed by atoms with Crippen LogP contribution in [-0.4, -0.2) is 25.2 Å². The minimum atomic E-state index is -0.105. The van der Waals surface area contributed by atoms with Gasteiger partial charge in [0.25, 0.3) is 0 Å². The van der Waals surface area contributed by atoms with Crippen LogP contribution in [0, 0.1) is 5.92 Å². The average molecular weight is 255 g/mol. The largest absolute Gasteiger partial charge is 0.468 e. The van der Waals surface area contributed by atoms with E-state index in [-0.39, 0.29) is 12.0 Å². The standard InChI is InChI=1S/C15H29NO2/c1-4-6-10-14(15(17)18-3)16-13-11-8-7-9-12(13)5-2/h12-14,16H,4-11H2,1-3H3. The Morgan fingerprint density at radius 3 is 2.67 bits per heavy atom. The fourth-order valence-corrected chi connectivity index (χ4v) is 2.99. The van der Waals surface area contributed by atoms with Crippen molar-refractivity contribution >= 4 is 5.97 Å². The molecule has 1 fully saturated rings. The summed E-state index contributed by atoms with van der Waals surface area (Å²) >= 11 is 0. The molecule has 3 atom stereocenters. The van der Waals surface area contributed by atoms with Gasteiger partial charge in [0.05, 0.1) is 7.11 Å². The summed E-state index contributed by atoms with van der Waals surface area (Å²) in [6.07, 6.45) is 9.45. The molecule has 1 aliphatic carbocycles. The maximum Gasteiger partial charge on any atom is 0.322 e. The molecule has 0 amide bonds. The van der Waals surface area contributed by atoms with Crippen LogP contribution < -0.4 is 5.32 Å². The lowest BCUT2D eigenvalue weighted by atomic mass is 9.82. The van der Waals surface area contributed by atoms with Gasteiger partial charge in [-0.1, -0.05) is 46.0 Å². The molecule has 1 N–H and O–H groups in total. The van der Waals surface area contributed by atoms with Gasteiger partial charge in [0.15, 0.2) is 0 Å². The zero-order chi connectivity index (χ0) is 13.4. The number of esters is 1. The van der Waals surface area contributed by atoms with E-state index in [2.05, 4.69) is 19.2 Å². The molecule has 0 bridgehead atoms. The number of hydrogen-bond donors (Lipinski definition) is 1. The molecule has 0 aromatic heterocycles. The molecule has 0 saturated heterocycles. The Balaban J connectivity index is 2.54. The van der Waals surface area contributed by atoms with Crippen molar-refractivity contribution in [3.63, 3.8) is 0 Å². The number of carbonyl (C=O) groups is 1. The molecule has 1 saturated carbocycles. The van der Waals surface area contributed by atoms with Crippen molar-refractivity contribution in [3.05, 3.63) is 0 Å². The van der Waals surface area contributed by atoms with E-state index in [9.17, 15) is 4.79 Å². The van der Waals surface area contributed by atoms with Crippen LogP contribution in [0.25, 0.3) is 0 Å². The van der Waals surface area contributed by atoms with Gasteiger partial charge in [-0.25, -0.2) is 0 Å². The Hall–Kier alpha value is -0.570. The van der Waals surface area contributed by atoms with Crippen LogP contribution in [0.5, 0.6) is 0 Å². The van der Waals surface area contributed by atoms with E-state index in [4.69, 9.17) is 4.74 Å². The smallest absolute Gasteiger partial charge is 0.322 e. The molecule has 3 heteroatoms. The number of ether oxygens (including phenoxy) is 1. The molecule has 0 heterocycles. The van der Waals surface area contributed by atoms with Gasteiger partial charge < -0.3 is 10.1 Å². The fraction of sp³-hybridized carbons (Fsp3) is 0.933. The third kappa shape index (κ3) is 4.60. The van der Waals surface area contributed by atoms with Crippen LogP contribution in [0.15, 0.2) is 0 Å². The third-order valence-corrected chi connectivity index (χ3v) is 4.18. The first-order valence-electron chi connectivity index (χ1n) is 7.56. The maximum atomic E-state index is 11.8. The van der Waals surface area contributed by atoms with Crippen molar-refractivity contribution in [2.75, 3.05) is 7.11 Å². The highest BCUT2D eigenvalue weighted by Gasteiger charge is 2.28. The first kappa shape index (κ1) is 15.5. The van der Waals surface area contributed by atoms with E-state index < -0.39 is 0 Å². The van der Waals surface area contributed by atoms with E-state index >= 15 is 0 Å². The molecule has 3 unspecified atom stereocenters. The van der Waals surface area contributed by atoms with Gasteiger partial charge in [-0.05, 0) is 25.2 Å². The molecule has 1 rings (SSSR count). The summed E-state index contributed by atoms with van der Waals surface area (Å²) in [7, 11) is 1.49. The van der Waals surface area contributed by atoms with Crippen LogP contribution in [0.2, 0.25) is 0 Å². The molecule has 0 aromatic rings. The summed E-state index contributed by atoms with van der Waals surface area (Å²) in [6, 6.07) is 0.400. The number of rotatable bonds is 7. The van der Waals surface area contributed by atoms with Crippen LogP contribution in [0.3, 0.4) is 0 Å². The van der Waals surface area contributed by atoms with Crippen molar-refractivity contribution in [2.24, 2.45) is 5.92 Å². The van der Waals surface area contributed by atoms with Crippen molar-refractivity contribution in [1.82, 2.24) is 5.32 Å². The van der Waals surface area contributed by atoms with E-state index in [1.165, 1.54) is 39.2 Å². The van der Waals surface area contributed by atoms with E-state index in [1.54, 1.807) is 0 Å². The predicted octanol–water partition coefficient (Wildman–Crippen LogP) is 3.28. The number of nitrogens with one attached hydrogen (secondary N) is 1. The Labute approximate surface area is 112 Å². The molecule has 18 heavy (non-hydrogen) atoms. The highest BCUT2D eigenvalue weighted by Crippen LogP contribution is 2.27. The molecular weight excluding hydrogens is 226 g/mol. The molecule has 0 aliphatic heterocycles. The summed E-state index contributed by atoms with van der Waals surface area (Å²) in [6.45, 7) is 4.41. The van der Waals surface area contributed by atoms with Gasteiger partial charge in [-0.2, -0.15) is 0 Å². The molecule has 0 aromatic carbocycles. The predicted molar refractivity (Wildman–Crippen MR) is 74.5 cm³/mol. The van der Waals surface area contributed by atoms with Gasteiger partial charge >= 0.3 is 5.97 Å². The monoisotopic (exact) mass is 255 g/mol. The lowest BCUT2D eigenvalue weighted by molar-refractivity contribution is -0.143. The second-order valence-corrected chi connectivity index (χ2v) is 5.44. The zero-order valence-corrected chi connectivity index (χ0v) is 12.2. The van der Waals surface area contributed by atoms with Crippen molar-refractivity contribution < 1.29 is 9.53 Å².